The SMILES string of the molecule is CCCCCC/C=C\C=C/CCCCCCCC(=O)OC[C@H](COP(=O)(O)OC[C@@H](O)COP(=O)(O)OC[C@@H](COC(=O)CCCCCCCCC(C)CC)OC(=O)CCCCCCCCCCCCCC)OC(=O)CCCCCCCCCCCCCCCCCCC. The minimum atomic E-state index is -4.96. The minimum Gasteiger partial charge on any atom is -0.462 e. The Kier molecular flexibility index (Phi) is 65.9. The standard InChI is InChI=1S/C75H142O17P2/c1-6-10-13-16-19-22-25-28-30-31-33-35-38-41-44-51-56-61-75(80)91-70(64-85-72(77)58-53-48-42-39-37-34-32-29-26-23-20-17-14-11-7-2)66-89-93(81,82)87-62-69(76)63-88-94(83,84)90-67-71(65-86-73(78)59-54-49-46-45-47-52-57-68(5)9-4)92-74(79)60-55-50-43-40-36-27-24-21-18-15-12-8-3/h23,26,29,32,68-71,76H,6-22,24-25,27-28,30-31,33-67H2,1-5H3,(H,81,82)(H,83,84)/b26-23-,32-29-/t68?,69-,70-,71-/m1/s1. The number of allylic oxidation sites excluding steroid dienone is 4. The highest BCUT2D eigenvalue weighted by Crippen LogP contribution is 2.45. The van der Waals surface area contributed by atoms with Gasteiger partial charge in [0.05, 0.1) is 26.4 Å². The van der Waals surface area contributed by atoms with Crippen LogP contribution in [0.25, 0.3) is 0 Å². The zero-order chi connectivity index (χ0) is 69.1. The summed E-state index contributed by atoms with van der Waals surface area (Å²) in [4.78, 5) is 72.7. The lowest BCUT2D eigenvalue weighted by atomic mass is 10.00. The van der Waals surface area contributed by atoms with Crippen molar-refractivity contribution >= 4 is 39.5 Å². The third-order valence-electron chi connectivity index (χ3n) is 17.3. The third-order valence-corrected chi connectivity index (χ3v) is 19.2. The van der Waals surface area contributed by atoms with Crippen LogP contribution in [0.3, 0.4) is 0 Å². The average Bonchev–Trinajstić information content (AvgIpc) is 2.19. The number of aliphatic hydroxyl groups excluding tert-OH is 1. The molecule has 0 rings (SSSR count). The van der Waals surface area contributed by atoms with Crippen molar-refractivity contribution in [3.63, 3.8) is 0 Å². The molecule has 0 bridgehead atoms. The average molecular weight is 1380 g/mol. The fourth-order valence-corrected chi connectivity index (χ4v) is 12.5. The number of hydrogen-bond acceptors (Lipinski definition) is 15. The topological polar surface area (TPSA) is 237 Å². The number of rotatable bonds is 73. The highest BCUT2D eigenvalue weighted by molar-refractivity contribution is 7.47. The molecule has 0 saturated carbocycles. The first-order chi connectivity index (χ1) is 45.6. The second-order valence-electron chi connectivity index (χ2n) is 26.6. The lowest BCUT2D eigenvalue weighted by Gasteiger charge is -2.21. The monoisotopic (exact) mass is 1380 g/mol. The first-order valence-electron chi connectivity index (χ1n) is 38.5. The normalized spacial score (nSPS) is 14.4. The maximum absolute atomic E-state index is 13.1. The van der Waals surface area contributed by atoms with E-state index in [1.807, 2.05) is 0 Å². The second-order valence-corrected chi connectivity index (χ2v) is 29.5. The largest absolute Gasteiger partial charge is 0.472 e. The minimum absolute atomic E-state index is 0.102. The molecule has 0 aliphatic rings. The number of carbonyl (C=O) groups is 4. The van der Waals surface area contributed by atoms with E-state index in [9.17, 15) is 43.2 Å². The first-order valence-corrected chi connectivity index (χ1v) is 41.5. The Bertz CT molecular complexity index is 1900. The van der Waals surface area contributed by atoms with E-state index in [1.165, 1.54) is 167 Å². The molecule has 0 aliphatic heterocycles. The van der Waals surface area contributed by atoms with Crippen LogP contribution < -0.4 is 0 Å². The molecule has 0 aromatic rings. The van der Waals surface area contributed by atoms with Gasteiger partial charge >= 0.3 is 39.5 Å². The number of hydrogen-bond donors (Lipinski definition) is 3. The molecule has 0 aliphatic carbocycles. The van der Waals surface area contributed by atoms with E-state index in [-0.39, 0.29) is 25.7 Å². The lowest BCUT2D eigenvalue weighted by molar-refractivity contribution is -0.161. The van der Waals surface area contributed by atoms with Gasteiger partial charge < -0.3 is 33.8 Å². The van der Waals surface area contributed by atoms with Gasteiger partial charge in [-0.2, -0.15) is 0 Å². The molecule has 554 valence electrons. The predicted octanol–water partition coefficient (Wildman–Crippen LogP) is 21.6. The number of phosphoric ester groups is 2. The number of ether oxygens (including phenoxy) is 4. The first kappa shape index (κ1) is 91.5. The van der Waals surface area contributed by atoms with Gasteiger partial charge in [-0.15, -0.1) is 0 Å². The highest BCUT2D eigenvalue weighted by atomic mass is 31.2. The molecule has 0 aromatic heterocycles. The second kappa shape index (κ2) is 67.7. The number of carbonyl (C=O) groups excluding carboxylic acids is 4. The van der Waals surface area contributed by atoms with Crippen molar-refractivity contribution in [1.82, 2.24) is 0 Å². The smallest absolute Gasteiger partial charge is 0.462 e. The van der Waals surface area contributed by atoms with Crippen LogP contribution in [0.2, 0.25) is 0 Å². The number of aliphatic hydroxyl groups is 1. The molecule has 3 N–H and O–H groups in total. The van der Waals surface area contributed by atoms with E-state index in [0.29, 0.717) is 25.7 Å². The molecule has 17 nitrogen and oxygen atoms in total. The van der Waals surface area contributed by atoms with Crippen LogP contribution in [0.4, 0.5) is 0 Å². The molecule has 0 radical (unpaired) electrons. The summed E-state index contributed by atoms with van der Waals surface area (Å²) in [7, 11) is -9.92. The lowest BCUT2D eigenvalue weighted by Crippen LogP contribution is -2.30. The van der Waals surface area contributed by atoms with Gasteiger partial charge in [-0.1, -0.05) is 316 Å². The summed E-state index contributed by atoms with van der Waals surface area (Å²) in [6, 6.07) is 0. The molecule has 0 spiro atoms. The van der Waals surface area contributed by atoms with E-state index in [4.69, 9.17) is 37.0 Å². The van der Waals surface area contributed by atoms with Crippen molar-refractivity contribution in [2.24, 2.45) is 5.92 Å². The summed E-state index contributed by atoms with van der Waals surface area (Å²) >= 11 is 0. The van der Waals surface area contributed by atoms with Crippen molar-refractivity contribution in [1.29, 1.82) is 0 Å². The van der Waals surface area contributed by atoms with Gasteiger partial charge in [0.1, 0.15) is 19.3 Å². The van der Waals surface area contributed by atoms with Crippen LogP contribution in [0.15, 0.2) is 24.3 Å². The van der Waals surface area contributed by atoms with Gasteiger partial charge in [0.2, 0.25) is 0 Å². The van der Waals surface area contributed by atoms with Crippen LogP contribution in [-0.2, 0) is 65.4 Å². The predicted molar refractivity (Wildman–Crippen MR) is 381 cm³/mol. The molecular weight excluding hydrogens is 1230 g/mol. The van der Waals surface area contributed by atoms with E-state index < -0.39 is 97.5 Å². The maximum atomic E-state index is 13.1. The molecule has 94 heavy (non-hydrogen) atoms. The Balaban J connectivity index is 5.28. The molecule has 0 heterocycles. The van der Waals surface area contributed by atoms with E-state index in [0.717, 1.165) is 121 Å². The van der Waals surface area contributed by atoms with Crippen LogP contribution in [0, 0.1) is 5.92 Å². The number of phosphoric acid groups is 2. The Morgan fingerprint density at radius 1 is 0.340 bits per heavy atom. The summed E-state index contributed by atoms with van der Waals surface area (Å²) in [5.41, 5.74) is 0. The van der Waals surface area contributed by atoms with Crippen LogP contribution in [-0.4, -0.2) is 96.7 Å². The molecule has 19 heteroatoms. The van der Waals surface area contributed by atoms with Gasteiger partial charge in [0, 0.05) is 25.7 Å². The summed E-state index contributed by atoms with van der Waals surface area (Å²) in [5.74, 6) is -1.42. The van der Waals surface area contributed by atoms with Crippen molar-refractivity contribution < 1.29 is 80.2 Å². The highest BCUT2D eigenvalue weighted by Gasteiger charge is 2.30. The molecule has 0 fully saturated rings. The summed E-state index contributed by atoms with van der Waals surface area (Å²) in [6.45, 7) is 7.18. The van der Waals surface area contributed by atoms with Gasteiger partial charge in [-0.25, -0.2) is 9.13 Å². The Morgan fingerprint density at radius 2 is 0.596 bits per heavy atom. The molecule has 6 atom stereocenters. The van der Waals surface area contributed by atoms with Crippen molar-refractivity contribution in [3.05, 3.63) is 24.3 Å². The fourth-order valence-electron chi connectivity index (χ4n) is 11.0. The molecule has 0 aromatic carbocycles. The maximum Gasteiger partial charge on any atom is 0.472 e. The number of esters is 4. The zero-order valence-electron chi connectivity index (χ0n) is 60.6. The van der Waals surface area contributed by atoms with E-state index >= 15 is 0 Å². The summed E-state index contributed by atoms with van der Waals surface area (Å²) in [6.07, 6.45) is 59.0. The fraction of sp³-hybridized carbons (Fsp3) is 0.893. The molecule has 3 unspecified atom stereocenters. The Hall–Kier alpha value is -2.46. The van der Waals surface area contributed by atoms with E-state index in [2.05, 4.69) is 58.9 Å². The van der Waals surface area contributed by atoms with E-state index in [1.54, 1.807) is 0 Å². The van der Waals surface area contributed by atoms with Gasteiger partial charge in [-0.05, 0) is 57.3 Å². The van der Waals surface area contributed by atoms with Gasteiger partial charge in [-0.3, -0.25) is 37.3 Å². The quantitative estimate of drug-likeness (QED) is 0.0169. The molecule has 0 saturated heterocycles. The van der Waals surface area contributed by atoms with Crippen molar-refractivity contribution in [3.8, 4) is 0 Å². The summed E-state index contributed by atoms with van der Waals surface area (Å²) < 4.78 is 68.4. The van der Waals surface area contributed by atoms with Crippen LogP contribution in [0.1, 0.15) is 369 Å². The Morgan fingerprint density at radius 3 is 0.904 bits per heavy atom. The van der Waals surface area contributed by atoms with Crippen molar-refractivity contribution in [2.45, 2.75) is 387 Å². The van der Waals surface area contributed by atoms with Gasteiger partial charge in [0.15, 0.2) is 12.2 Å². The summed E-state index contributed by atoms with van der Waals surface area (Å²) in [5, 5.41) is 10.6. The molecular formula is C75H142O17P2. The van der Waals surface area contributed by atoms with Crippen LogP contribution in [0.5, 0.6) is 0 Å². The van der Waals surface area contributed by atoms with Crippen molar-refractivity contribution in [2.75, 3.05) is 39.6 Å². The third kappa shape index (κ3) is 66.8. The van der Waals surface area contributed by atoms with Crippen LogP contribution >= 0.6 is 15.6 Å². The van der Waals surface area contributed by atoms with Gasteiger partial charge in [0.25, 0.3) is 0 Å². The Labute approximate surface area is 573 Å². The molecule has 0 amide bonds. The number of unbranched alkanes of at least 4 members (excludes halogenated alkanes) is 41. The zero-order valence-corrected chi connectivity index (χ0v) is 62.4.